The van der Waals surface area contributed by atoms with E-state index in [0.717, 1.165) is 0 Å². The van der Waals surface area contributed by atoms with Gasteiger partial charge in [0.25, 0.3) is 0 Å². The Morgan fingerprint density at radius 3 is 1.76 bits per heavy atom. The van der Waals surface area contributed by atoms with Crippen molar-refractivity contribution in [2.75, 3.05) is 0 Å². The number of rotatable bonds is 0. The number of fused-ring (bicyclic) bond motifs is 3. The summed E-state index contributed by atoms with van der Waals surface area (Å²) in [6.07, 6.45) is 4.35. The van der Waals surface area contributed by atoms with E-state index < -0.39 is 0 Å². The van der Waals surface area contributed by atoms with E-state index in [1.807, 2.05) is 0 Å². The van der Waals surface area contributed by atoms with E-state index in [1.54, 1.807) is 36.4 Å². The van der Waals surface area contributed by atoms with E-state index >= 15 is 0 Å². The zero-order valence-electron chi connectivity index (χ0n) is 19.2. The summed E-state index contributed by atoms with van der Waals surface area (Å²) < 4.78 is 0. The first-order valence-electron chi connectivity index (χ1n) is 10.7. The largest absolute Gasteiger partial charge is 3.00 e. The molecule has 0 spiro atoms. The number of phenolic OH excluding ortho intramolecular Hbond substituents is 1. The molecule has 10 heteroatoms. The normalized spacial score (nSPS) is 10.1. The quantitative estimate of drug-likeness (QED) is 0.264. The van der Waals surface area contributed by atoms with E-state index in [1.165, 1.54) is 55.0 Å². The fourth-order valence-electron chi connectivity index (χ4n) is 3.49. The molecule has 0 aliphatic heterocycles. The van der Waals surface area contributed by atoms with Crippen LogP contribution in [0, 0.1) is 0 Å². The second kappa shape index (κ2) is 11.8. The summed E-state index contributed by atoms with van der Waals surface area (Å²) >= 11 is 0. The Morgan fingerprint density at radius 1 is 0.622 bits per heavy atom. The molecule has 3 N–H and O–H groups in total. The molecule has 9 nitrogen and oxygen atoms in total. The maximum atomic E-state index is 11.2. The number of nitrogens with zero attached hydrogens (tertiary/aromatic N) is 1. The Bertz CT molecular complexity index is 1670. The molecule has 0 saturated heterocycles. The summed E-state index contributed by atoms with van der Waals surface area (Å²) in [5.74, 6) is -0.404. The van der Waals surface area contributed by atoms with Crippen LogP contribution in [-0.4, -0.2) is 37.4 Å². The standard InChI is InChI=1S/3C9H7NO2.Al/c3*11-7-4-5-10-9-6(7)2-1-3-8(9)12;/h3*1-5,12H,(H,10,11);/q;;;+3/p-3. The van der Waals surface area contributed by atoms with Crippen LogP contribution in [0.3, 0.4) is 0 Å². The van der Waals surface area contributed by atoms with Crippen molar-refractivity contribution in [2.45, 2.75) is 0 Å². The molecule has 3 aromatic heterocycles. The van der Waals surface area contributed by atoms with Gasteiger partial charge in [0.2, 0.25) is 0 Å². The molecular weight excluding hydrogens is 489 g/mol. The second-order valence-corrected chi connectivity index (χ2v) is 7.52. The van der Waals surface area contributed by atoms with Gasteiger partial charge in [-0.3, -0.25) is 14.6 Å². The number of phenols is 1. The second-order valence-electron chi connectivity index (χ2n) is 7.52. The van der Waals surface area contributed by atoms with Crippen molar-refractivity contribution in [2.24, 2.45) is 0 Å². The van der Waals surface area contributed by atoms with Crippen molar-refractivity contribution in [3.8, 4) is 23.0 Å². The summed E-state index contributed by atoms with van der Waals surface area (Å²) in [7, 11) is 0. The SMILES string of the molecule is O=c1cc[nH]c2c(O)cccc12.O=c1cc[nH]c2c([O-])cccc12.[Al+3].[O-]c1ccnc2c([O-])cccc12. The Morgan fingerprint density at radius 2 is 1.16 bits per heavy atom. The number of nitrogens with one attached hydrogen (secondary N) is 2. The Labute approximate surface area is 220 Å². The van der Waals surface area contributed by atoms with Gasteiger partial charge in [-0.25, -0.2) is 0 Å². The molecule has 3 heterocycles. The van der Waals surface area contributed by atoms with Crippen LogP contribution in [0.5, 0.6) is 23.0 Å². The molecule has 3 aromatic carbocycles. The maximum absolute atomic E-state index is 11.2. The van der Waals surface area contributed by atoms with Gasteiger partial charge < -0.3 is 30.4 Å². The van der Waals surface area contributed by atoms with Crippen molar-refractivity contribution in [1.29, 1.82) is 0 Å². The van der Waals surface area contributed by atoms with Gasteiger partial charge in [0.1, 0.15) is 5.75 Å². The van der Waals surface area contributed by atoms with Gasteiger partial charge in [0.05, 0.1) is 11.0 Å². The van der Waals surface area contributed by atoms with Crippen LogP contribution in [0.4, 0.5) is 0 Å². The molecule has 37 heavy (non-hydrogen) atoms. The number of pyridine rings is 3. The molecule has 6 rings (SSSR count). The molecule has 180 valence electrons. The fourth-order valence-corrected chi connectivity index (χ4v) is 3.49. The minimum atomic E-state index is -0.204. The van der Waals surface area contributed by atoms with E-state index in [9.17, 15) is 30.0 Å². The third kappa shape index (κ3) is 5.90. The number of benzene rings is 3. The van der Waals surface area contributed by atoms with Crippen LogP contribution < -0.4 is 26.2 Å². The van der Waals surface area contributed by atoms with Gasteiger partial charge in [0.15, 0.2) is 10.9 Å². The molecule has 0 bridgehead atoms. The summed E-state index contributed by atoms with van der Waals surface area (Å²) in [6.45, 7) is 0. The van der Waals surface area contributed by atoms with Crippen LogP contribution in [0.1, 0.15) is 0 Å². The first kappa shape index (κ1) is 26.8. The first-order chi connectivity index (χ1) is 17.4. The number of aromatic nitrogens is 3. The van der Waals surface area contributed by atoms with Crippen molar-refractivity contribution < 1.29 is 20.4 Å². The number of aromatic amines is 2. The van der Waals surface area contributed by atoms with Crippen LogP contribution >= 0.6 is 0 Å². The average Bonchev–Trinajstić information content (AvgIpc) is 2.87. The first-order valence-corrected chi connectivity index (χ1v) is 10.7. The van der Waals surface area contributed by atoms with Gasteiger partial charge >= 0.3 is 17.4 Å². The number of hydrogen-bond donors (Lipinski definition) is 3. The van der Waals surface area contributed by atoms with E-state index in [0.29, 0.717) is 27.2 Å². The molecular formula is C27H18AlN3O6. The van der Waals surface area contributed by atoms with Gasteiger partial charge in [-0.15, -0.1) is 0 Å². The van der Waals surface area contributed by atoms with Gasteiger partial charge in [-0.2, -0.15) is 0 Å². The number of aromatic hydroxyl groups is 1. The summed E-state index contributed by atoms with van der Waals surface area (Å²) in [6, 6.07) is 18.3. The van der Waals surface area contributed by atoms with Crippen molar-refractivity contribution >= 4 is 50.1 Å². The number of H-pyrrole nitrogens is 2. The topological polar surface area (TPSA) is 168 Å². The monoisotopic (exact) mass is 507 g/mol. The smallest absolute Gasteiger partial charge is 0.872 e. The molecule has 0 aliphatic carbocycles. The Kier molecular flexibility index (Phi) is 8.53. The fraction of sp³-hybridized carbons (Fsp3) is 0. The minimum absolute atomic E-state index is 0. The van der Waals surface area contributed by atoms with Crippen molar-refractivity contribution in [3.63, 3.8) is 0 Å². The summed E-state index contributed by atoms with van der Waals surface area (Å²) in [4.78, 5) is 31.8. The number of hydrogen-bond acceptors (Lipinski definition) is 7. The zero-order chi connectivity index (χ0) is 25.7. The van der Waals surface area contributed by atoms with Crippen molar-refractivity contribution in [3.05, 3.63) is 112 Å². The van der Waals surface area contributed by atoms with Crippen LogP contribution in [0.25, 0.3) is 32.7 Å². The predicted octanol–water partition coefficient (Wildman–Crippen LogP) is 1.84. The van der Waals surface area contributed by atoms with Crippen LogP contribution in [0.2, 0.25) is 0 Å². The molecule has 0 unspecified atom stereocenters. The van der Waals surface area contributed by atoms with Gasteiger partial charge in [-0.05, 0) is 23.6 Å². The molecule has 0 saturated carbocycles. The molecule has 0 atom stereocenters. The number of para-hydroxylation sites is 3. The van der Waals surface area contributed by atoms with Crippen LogP contribution in [0.15, 0.2) is 101 Å². The molecule has 0 aliphatic rings. The van der Waals surface area contributed by atoms with Crippen molar-refractivity contribution in [1.82, 2.24) is 15.0 Å². The third-order valence-corrected chi connectivity index (χ3v) is 5.22. The van der Waals surface area contributed by atoms with E-state index in [4.69, 9.17) is 0 Å². The Balaban J connectivity index is 0.000000152. The predicted molar refractivity (Wildman–Crippen MR) is 137 cm³/mol. The maximum Gasteiger partial charge on any atom is 3.00 e. The van der Waals surface area contributed by atoms with E-state index in [2.05, 4.69) is 15.0 Å². The molecule has 0 fully saturated rings. The summed E-state index contributed by atoms with van der Waals surface area (Å²) in [5, 5.41) is 44.1. The van der Waals surface area contributed by atoms with Crippen LogP contribution in [-0.2, 0) is 0 Å². The van der Waals surface area contributed by atoms with E-state index in [-0.39, 0.29) is 56.7 Å². The minimum Gasteiger partial charge on any atom is -0.872 e. The Hall–Kier alpha value is -4.78. The molecule has 6 aromatic rings. The third-order valence-electron chi connectivity index (χ3n) is 5.22. The summed E-state index contributed by atoms with van der Waals surface area (Å²) in [5.41, 5.74) is 0.918. The average molecular weight is 507 g/mol. The zero-order valence-corrected chi connectivity index (χ0v) is 20.3. The van der Waals surface area contributed by atoms with Gasteiger partial charge in [0, 0.05) is 47.0 Å². The van der Waals surface area contributed by atoms with Gasteiger partial charge in [-0.1, -0.05) is 59.7 Å². The molecule has 0 amide bonds. The molecule has 0 radical (unpaired) electrons.